The van der Waals surface area contributed by atoms with Gasteiger partial charge in [-0.2, -0.15) is 0 Å². The van der Waals surface area contributed by atoms with E-state index in [1.54, 1.807) is 0 Å². The van der Waals surface area contributed by atoms with E-state index in [-0.39, 0.29) is 0 Å². The van der Waals surface area contributed by atoms with Crippen LogP contribution in [0, 0.1) is 11.8 Å². The molecule has 1 aromatic heterocycles. The van der Waals surface area contributed by atoms with E-state index in [4.69, 9.17) is 0 Å². The lowest BCUT2D eigenvalue weighted by Gasteiger charge is -2.22. The van der Waals surface area contributed by atoms with Crippen molar-refractivity contribution in [3.63, 3.8) is 0 Å². The van der Waals surface area contributed by atoms with Crippen molar-refractivity contribution in [1.82, 2.24) is 14.9 Å². The van der Waals surface area contributed by atoms with Crippen molar-refractivity contribution in [3.8, 4) is 0 Å². The maximum Gasteiger partial charge on any atom is 0.122 e. The molecule has 2 saturated carbocycles. The van der Waals surface area contributed by atoms with Gasteiger partial charge in [0.1, 0.15) is 5.82 Å². The van der Waals surface area contributed by atoms with Gasteiger partial charge >= 0.3 is 0 Å². The second kappa shape index (κ2) is 4.21. The molecule has 3 heteroatoms. The Morgan fingerprint density at radius 2 is 2.38 bits per heavy atom. The van der Waals surface area contributed by atoms with Crippen LogP contribution in [0.4, 0.5) is 0 Å². The van der Waals surface area contributed by atoms with Crippen LogP contribution in [0.2, 0.25) is 0 Å². The Morgan fingerprint density at radius 3 is 3.06 bits per heavy atom. The van der Waals surface area contributed by atoms with Gasteiger partial charge < -0.3 is 9.88 Å². The lowest BCUT2D eigenvalue weighted by molar-refractivity contribution is 0.346. The van der Waals surface area contributed by atoms with Crippen LogP contribution in [0.1, 0.15) is 38.4 Å². The average Bonchev–Trinajstić information content (AvgIpc) is 3.01. The second-order valence-corrected chi connectivity index (χ2v) is 5.29. The molecule has 1 N–H and O–H groups in total. The van der Waals surface area contributed by atoms with Crippen molar-refractivity contribution in [3.05, 3.63) is 18.2 Å². The first-order valence-electron chi connectivity index (χ1n) is 6.60. The van der Waals surface area contributed by atoms with Gasteiger partial charge in [0.05, 0.1) is 6.54 Å². The minimum Gasteiger partial charge on any atom is -0.334 e. The van der Waals surface area contributed by atoms with E-state index >= 15 is 0 Å². The second-order valence-electron chi connectivity index (χ2n) is 5.29. The Bertz CT molecular complexity index is 358. The third kappa shape index (κ3) is 1.77. The van der Waals surface area contributed by atoms with Gasteiger partial charge in [0, 0.05) is 25.0 Å². The molecular weight excluding hydrogens is 198 g/mol. The maximum atomic E-state index is 4.41. The molecule has 2 fully saturated rings. The van der Waals surface area contributed by atoms with Crippen molar-refractivity contribution < 1.29 is 0 Å². The van der Waals surface area contributed by atoms with Gasteiger partial charge in [0.25, 0.3) is 0 Å². The number of hydrogen-bond acceptors (Lipinski definition) is 2. The molecule has 2 aliphatic rings. The summed E-state index contributed by atoms with van der Waals surface area (Å²) in [7, 11) is 0. The smallest absolute Gasteiger partial charge is 0.122 e. The van der Waals surface area contributed by atoms with Crippen molar-refractivity contribution >= 4 is 0 Å². The first-order valence-corrected chi connectivity index (χ1v) is 6.60. The number of aromatic nitrogens is 2. The molecular formula is C13H21N3. The molecule has 0 radical (unpaired) electrons. The molecule has 3 rings (SSSR count). The summed E-state index contributed by atoms with van der Waals surface area (Å²) in [6.07, 6.45) is 9.77. The summed E-state index contributed by atoms with van der Waals surface area (Å²) >= 11 is 0. The number of nitrogens with zero attached hydrogens (tertiary/aromatic N) is 2. The fourth-order valence-corrected chi connectivity index (χ4v) is 3.51. The van der Waals surface area contributed by atoms with E-state index in [1.165, 1.54) is 31.5 Å². The van der Waals surface area contributed by atoms with Crippen LogP contribution < -0.4 is 5.32 Å². The fraction of sp³-hybridized carbons (Fsp3) is 0.769. The van der Waals surface area contributed by atoms with Crippen LogP contribution in [0.3, 0.4) is 0 Å². The average molecular weight is 219 g/mol. The number of aryl methyl sites for hydroxylation is 1. The highest BCUT2D eigenvalue weighted by molar-refractivity contribution is 4.97. The van der Waals surface area contributed by atoms with Gasteiger partial charge in [0.2, 0.25) is 0 Å². The molecule has 0 spiro atoms. The molecule has 3 atom stereocenters. The summed E-state index contributed by atoms with van der Waals surface area (Å²) in [4.78, 5) is 4.41. The maximum absolute atomic E-state index is 4.41. The summed E-state index contributed by atoms with van der Waals surface area (Å²) in [5.41, 5.74) is 0. The summed E-state index contributed by atoms with van der Waals surface area (Å²) in [5.74, 6) is 3.16. The standard InChI is InChI=1S/C13H21N3/c1-2-16-6-5-14-13(16)9-15-12-8-10-3-4-11(12)7-10/h5-6,10-12,15H,2-4,7-9H2,1H3. The van der Waals surface area contributed by atoms with Crippen LogP contribution in [0.25, 0.3) is 0 Å². The minimum absolute atomic E-state index is 0.765. The summed E-state index contributed by atoms with van der Waals surface area (Å²) in [6.45, 7) is 4.13. The molecule has 0 amide bonds. The Kier molecular flexibility index (Phi) is 2.72. The van der Waals surface area contributed by atoms with Crippen LogP contribution in [-0.2, 0) is 13.1 Å². The Hall–Kier alpha value is -0.830. The SMILES string of the molecule is CCn1ccnc1CNC1CC2CCC1C2. The molecule has 3 nitrogen and oxygen atoms in total. The van der Waals surface area contributed by atoms with Gasteiger partial charge in [-0.05, 0) is 38.0 Å². The highest BCUT2D eigenvalue weighted by Gasteiger charge is 2.39. The Balaban J connectivity index is 1.57. The zero-order valence-corrected chi connectivity index (χ0v) is 10.0. The molecule has 0 saturated heterocycles. The van der Waals surface area contributed by atoms with E-state index in [2.05, 4.69) is 28.0 Å². The molecule has 16 heavy (non-hydrogen) atoms. The van der Waals surface area contributed by atoms with Gasteiger partial charge in [-0.15, -0.1) is 0 Å². The van der Waals surface area contributed by atoms with Gasteiger partial charge in [-0.3, -0.25) is 0 Å². The molecule has 3 unspecified atom stereocenters. The van der Waals surface area contributed by atoms with Gasteiger partial charge in [-0.1, -0.05) is 6.42 Å². The van der Waals surface area contributed by atoms with Gasteiger partial charge in [-0.25, -0.2) is 4.98 Å². The zero-order chi connectivity index (χ0) is 11.0. The van der Waals surface area contributed by atoms with E-state index in [9.17, 15) is 0 Å². The van der Waals surface area contributed by atoms with Crippen molar-refractivity contribution in [2.24, 2.45) is 11.8 Å². The predicted octanol–water partition coefficient (Wildman–Crippen LogP) is 2.18. The Morgan fingerprint density at radius 1 is 1.44 bits per heavy atom. The molecule has 0 aromatic carbocycles. The lowest BCUT2D eigenvalue weighted by atomic mass is 9.95. The first-order chi connectivity index (χ1) is 7.86. The summed E-state index contributed by atoms with van der Waals surface area (Å²) < 4.78 is 2.22. The Labute approximate surface area is 97.3 Å². The van der Waals surface area contributed by atoms with Crippen LogP contribution in [-0.4, -0.2) is 15.6 Å². The molecule has 1 aromatic rings. The predicted molar refractivity (Wildman–Crippen MR) is 64.0 cm³/mol. The molecule has 2 bridgehead atoms. The monoisotopic (exact) mass is 219 g/mol. The van der Waals surface area contributed by atoms with Gasteiger partial charge in [0.15, 0.2) is 0 Å². The van der Waals surface area contributed by atoms with Crippen LogP contribution >= 0.6 is 0 Å². The van der Waals surface area contributed by atoms with E-state index < -0.39 is 0 Å². The molecule has 88 valence electrons. The quantitative estimate of drug-likeness (QED) is 0.841. The lowest BCUT2D eigenvalue weighted by Crippen LogP contribution is -2.34. The van der Waals surface area contributed by atoms with E-state index in [1.807, 2.05) is 6.20 Å². The molecule has 0 aliphatic heterocycles. The largest absolute Gasteiger partial charge is 0.334 e. The minimum atomic E-state index is 0.765. The first kappa shape index (κ1) is 10.3. The van der Waals surface area contributed by atoms with Crippen LogP contribution in [0.5, 0.6) is 0 Å². The highest BCUT2D eigenvalue weighted by atomic mass is 15.1. The number of nitrogens with one attached hydrogen (secondary N) is 1. The zero-order valence-electron chi connectivity index (χ0n) is 10.0. The third-order valence-corrected chi connectivity index (χ3v) is 4.40. The topological polar surface area (TPSA) is 29.9 Å². The number of fused-ring (bicyclic) bond motifs is 2. The number of rotatable bonds is 4. The van der Waals surface area contributed by atoms with Crippen molar-refractivity contribution in [2.75, 3.05) is 0 Å². The van der Waals surface area contributed by atoms with Crippen LogP contribution in [0.15, 0.2) is 12.4 Å². The van der Waals surface area contributed by atoms with E-state index in [0.29, 0.717) is 0 Å². The fourth-order valence-electron chi connectivity index (χ4n) is 3.51. The molecule has 2 aliphatic carbocycles. The number of imidazole rings is 1. The third-order valence-electron chi connectivity index (χ3n) is 4.40. The van der Waals surface area contributed by atoms with E-state index in [0.717, 1.165) is 31.0 Å². The normalized spacial score (nSPS) is 32.4. The summed E-state index contributed by atoms with van der Waals surface area (Å²) in [6, 6.07) is 0.765. The summed E-state index contributed by atoms with van der Waals surface area (Å²) in [5, 5.41) is 3.71. The molecule has 1 heterocycles. The number of hydrogen-bond donors (Lipinski definition) is 1. The van der Waals surface area contributed by atoms with Crippen molar-refractivity contribution in [2.45, 2.75) is 51.7 Å². The highest BCUT2D eigenvalue weighted by Crippen LogP contribution is 2.44. The van der Waals surface area contributed by atoms with Crippen molar-refractivity contribution in [1.29, 1.82) is 0 Å².